The van der Waals surface area contributed by atoms with Gasteiger partial charge in [0.2, 0.25) is 0 Å². The minimum Gasteiger partial charge on any atom is -0.381 e. The number of hydrogen-bond acceptors (Lipinski definition) is 2. The summed E-state index contributed by atoms with van der Waals surface area (Å²) in [5.74, 6) is 0. The zero-order chi connectivity index (χ0) is 13.1. The molecule has 0 aliphatic heterocycles. The Bertz CT molecular complexity index is 564. The second-order valence-electron chi connectivity index (χ2n) is 4.58. The van der Waals surface area contributed by atoms with Crippen molar-refractivity contribution >= 4 is 17.3 Å². The first-order chi connectivity index (χ1) is 8.56. The van der Waals surface area contributed by atoms with E-state index in [4.69, 9.17) is 11.6 Å². The van der Waals surface area contributed by atoms with Crippen molar-refractivity contribution in [2.24, 2.45) is 0 Å². The Morgan fingerprint density at radius 3 is 2.50 bits per heavy atom. The normalized spacial score (nSPS) is 10.4. The third-order valence-corrected chi connectivity index (χ3v) is 3.37. The van der Waals surface area contributed by atoms with Gasteiger partial charge in [-0.1, -0.05) is 23.7 Å². The molecule has 0 radical (unpaired) electrons. The van der Waals surface area contributed by atoms with E-state index in [2.05, 4.69) is 43.2 Å². The van der Waals surface area contributed by atoms with Crippen LogP contribution in [0.5, 0.6) is 0 Å². The molecule has 0 saturated heterocycles. The number of halogens is 1. The van der Waals surface area contributed by atoms with Crippen molar-refractivity contribution in [3.05, 3.63) is 57.9 Å². The topological polar surface area (TPSA) is 24.9 Å². The summed E-state index contributed by atoms with van der Waals surface area (Å²) in [5.41, 5.74) is 6.28. The van der Waals surface area contributed by atoms with Crippen molar-refractivity contribution in [2.45, 2.75) is 27.3 Å². The van der Waals surface area contributed by atoms with E-state index in [1.54, 1.807) is 6.20 Å². The van der Waals surface area contributed by atoms with E-state index in [9.17, 15) is 0 Å². The van der Waals surface area contributed by atoms with Crippen molar-refractivity contribution in [1.82, 2.24) is 4.98 Å². The molecular formula is C15H17ClN2. The van der Waals surface area contributed by atoms with Gasteiger partial charge in [-0.15, -0.1) is 0 Å². The summed E-state index contributed by atoms with van der Waals surface area (Å²) in [6, 6.07) is 8.21. The van der Waals surface area contributed by atoms with Gasteiger partial charge in [0.15, 0.2) is 0 Å². The van der Waals surface area contributed by atoms with E-state index in [0.717, 1.165) is 12.2 Å². The third kappa shape index (κ3) is 3.02. The molecule has 0 spiro atoms. The Morgan fingerprint density at radius 1 is 1.06 bits per heavy atom. The summed E-state index contributed by atoms with van der Waals surface area (Å²) in [6.07, 6.45) is 1.71. The Balaban J connectivity index is 2.13. The summed E-state index contributed by atoms with van der Waals surface area (Å²) >= 11 is 5.85. The molecule has 1 aromatic carbocycles. The fourth-order valence-electron chi connectivity index (χ4n) is 1.92. The second kappa shape index (κ2) is 5.40. The second-order valence-corrected chi connectivity index (χ2v) is 4.97. The fraction of sp³-hybridized carbons (Fsp3) is 0.267. The van der Waals surface area contributed by atoms with E-state index in [0.29, 0.717) is 5.15 Å². The molecule has 3 heteroatoms. The van der Waals surface area contributed by atoms with Crippen LogP contribution in [0.4, 0.5) is 5.69 Å². The number of aromatic nitrogens is 1. The van der Waals surface area contributed by atoms with Crippen molar-refractivity contribution in [3.63, 3.8) is 0 Å². The lowest BCUT2D eigenvalue weighted by Gasteiger charge is -2.12. The smallest absolute Gasteiger partial charge is 0.131 e. The van der Waals surface area contributed by atoms with Gasteiger partial charge in [0, 0.05) is 18.4 Å². The molecule has 2 aromatic rings. The van der Waals surface area contributed by atoms with Gasteiger partial charge in [0.25, 0.3) is 0 Å². The van der Waals surface area contributed by atoms with Crippen LogP contribution in [0.3, 0.4) is 0 Å². The molecule has 1 heterocycles. The molecule has 0 amide bonds. The first-order valence-electron chi connectivity index (χ1n) is 5.98. The molecule has 0 fully saturated rings. The number of nitrogens with one attached hydrogen (secondary N) is 1. The maximum absolute atomic E-state index is 5.85. The van der Waals surface area contributed by atoms with Crippen LogP contribution in [0.15, 0.2) is 30.5 Å². The SMILES string of the molecule is Cc1cc(C)c(CNc2ccnc(Cl)c2)cc1C. The average Bonchev–Trinajstić information content (AvgIpc) is 2.32. The molecule has 0 unspecified atom stereocenters. The van der Waals surface area contributed by atoms with Crippen LogP contribution in [0, 0.1) is 20.8 Å². The number of hydrogen-bond donors (Lipinski definition) is 1. The number of aryl methyl sites for hydroxylation is 3. The Hall–Kier alpha value is -1.54. The number of pyridine rings is 1. The zero-order valence-electron chi connectivity index (χ0n) is 10.9. The van der Waals surface area contributed by atoms with Crippen molar-refractivity contribution < 1.29 is 0 Å². The summed E-state index contributed by atoms with van der Waals surface area (Å²) in [6.45, 7) is 7.22. The molecule has 1 N–H and O–H groups in total. The molecule has 1 aromatic heterocycles. The third-order valence-electron chi connectivity index (χ3n) is 3.16. The van der Waals surface area contributed by atoms with Crippen molar-refractivity contribution in [3.8, 4) is 0 Å². The fourth-order valence-corrected chi connectivity index (χ4v) is 2.09. The van der Waals surface area contributed by atoms with Crippen LogP contribution in [0.1, 0.15) is 22.3 Å². The van der Waals surface area contributed by atoms with Gasteiger partial charge in [-0.3, -0.25) is 0 Å². The number of anilines is 1. The van der Waals surface area contributed by atoms with Crippen LogP contribution in [-0.4, -0.2) is 4.98 Å². The molecule has 0 atom stereocenters. The first kappa shape index (κ1) is 12.9. The number of rotatable bonds is 3. The molecule has 18 heavy (non-hydrogen) atoms. The van der Waals surface area contributed by atoms with Gasteiger partial charge >= 0.3 is 0 Å². The molecule has 0 aliphatic rings. The highest BCUT2D eigenvalue weighted by Gasteiger charge is 2.02. The summed E-state index contributed by atoms with van der Waals surface area (Å²) in [7, 11) is 0. The molecule has 2 nitrogen and oxygen atoms in total. The van der Waals surface area contributed by atoms with Gasteiger partial charge in [0.05, 0.1) is 0 Å². The Kier molecular flexibility index (Phi) is 3.87. The maximum Gasteiger partial charge on any atom is 0.131 e. The van der Waals surface area contributed by atoms with Crippen LogP contribution < -0.4 is 5.32 Å². The lowest BCUT2D eigenvalue weighted by atomic mass is 10.0. The predicted octanol–water partition coefficient (Wildman–Crippen LogP) is 4.27. The van der Waals surface area contributed by atoms with Crippen LogP contribution in [0.25, 0.3) is 0 Å². The van der Waals surface area contributed by atoms with E-state index >= 15 is 0 Å². The molecule has 0 aliphatic carbocycles. The molecule has 0 bridgehead atoms. The molecular weight excluding hydrogens is 244 g/mol. The largest absolute Gasteiger partial charge is 0.381 e. The molecule has 2 rings (SSSR count). The lowest BCUT2D eigenvalue weighted by Crippen LogP contribution is -2.02. The van der Waals surface area contributed by atoms with E-state index in [-0.39, 0.29) is 0 Å². The molecule has 0 saturated carbocycles. The van der Waals surface area contributed by atoms with Gasteiger partial charge in [-0.05, 0) is 55.2 Å². The van der Waals surface area contributed by atoms with Gasteiger partial charge < -0.3 is 5.32 Å². The molecule has 94 valence electrons. The van der Waals surface area contributed by atoms with Crippen LogP contribution >= 0.6 is 11.6 Å². The standard InChI is InChI=1S/C15H17ClN2/c1-10-6-12(3)13(7-11(10)2)9-18-14-4-5-17-15(16)8-14/h4-8H,9H2,1-3H3,(H,17,18). The van der Waals surface area contributed by atoms with E-state index < -0.39 is 0 Å². The monoisotopic (exact) mass is 260 g/mol. The highest BCUT2D eigenvalue weighted by atomic mass is 35.5. The highest BCUT2D eigenvalue weighted by molar-refractivity contribution is 6.29. The average molecular weight is 261 g/mol. The zero-order valence-corrected chi connectivity index (χ0v) is 11.7. The minimum absolute atomic E-state index is 0.511. The predicted molar refractivity (Wildman–Crippen MR) is 77.2 cm³/mol. The van der Waals surface area contributed by atoms with Crippen LogP contribution in [0.2, 0.25) is 5.15 Å². The lowest BCUT2D eigenvalue weighted by molar-refractivity contribution is 1.10. The number of nitrogens with zero attached hydrogens (tertiary/aromatic N) is 1. The highest BCUT2D eigenvalue weighted by Crippen LogP contribution is 2.18. The first-order valence-corrected chi connectivity index (χ1v) is 6.36. The van der Waals surface area contributed by atoms with Crippen LogP contribution in [-0.2, 0) is 6.54 Å². The van der Waals surface area contributed by atoms with E-state index in [1.807, 2.05) is 12.1 Å². The van der Waals surface area contributed by atoms with Crippen molar-refractivity contribution in [2.75, 3.05) is 5.32 Å². The van der Waals surface area contributed by atoms with Gasteiger partial charge in [-0.2, -0.15) is 0 Å². The number of benzene rings is 1. The van der Waals surface area contributed by atoms with Crippen molar-refractivity contribution in [1.29, 1.82) is 0 Å². The summed E-state index contributed by atoms with van der Waals surface area (Å²) in [5, 5.41) is 3.88. The minimum atomic E-state index is 0.511. The Labute approximate surface area is 113 Å². The Morgan fingerprint density at radius 2 is 1.78 bits per heavy atom. The van der Waals surface area contributed by atoms with Gasteiger partial charge in [0.1, 0.15) is 5.15 Å². The van der Waals surface area contributed by atoms with Gasteiger partial charge in [-0.25, -0.2) is 4.98 Å². The van der Waals surface area contributed by atoms with E-state index in [1.165, 1.54) is 22.3 Å². The quantitative estimate of drug-likeness (QED) is 0.834. The summed E-state index contributed by atoms with van der Waals surface area (Å²) in [4.78, 5) is 3.96. The summed E-state index contributed by atoms with van der Waals surface area (Å²) < 4.78 is 0. The maximum atomic E-state index is 5.85.